The smallest absolute Gasteiger partial charge is 0.137 e. The average molecular weight is 820 g/mol. The van der Waals surface area contributed by atoms with Crippen molar-refractivity contribution in [2.45, 2.75) is 0 Å². The van der Waals surface area contributed by atoms with Crippen LogP contribution >= 0.6 is 11.3 Å². The minimum atomic E-state index is 0.862. The van der Waals surface area contributed by atoms with Gasteiger partial charge in [0.15, 0.2) is 0 Å². The van der Waals surface area contributed by atoms with Crippen LogP contribution in [0.4, 0.5) is 17.1 Å². The summed E-state index contributed by atoms with van der Waals surface area (Å²) in [7, 11) is 0. The molecule has 0 saturated carbocycles. The summed E-state index contributed by atoms with van der Waals surface area (Å²) in [6.07, 6.45) is 0. The zero-order valence-electron chi connectivity index (χ0n) is 34.1. The Morgan fingerprint density at radius 1 is 0.286 bits per heavy atom. The van der Waals surface area contributed by atoms with Crippen LogP contribution in [0.2, 0.25) is 0 Å². The molecular formula is C60H37NOS. The van der Waals surface area contributed by atoms with E-state index in [-0.39, 0.29) is 0 Å². The van der Waals surface area contributed by atoms with Gasteiger partial charge in [0.25, 0.3) is 0 Å². The highest BCUT2D eigenvalue weighted by Crippen LogP contribution is 2.46. The lowest BCUT2D eigenvalue weighted by Gasteiger charge is -2.26. The number of hydrogen-bond acceptors (Lipinski definition) is 3. The predicted octanol–water partition coefficient (Wildman–Crippen LogP) is 18.0. The van der Waals surface area contributed by atoms with E-state index in [1.807, 2.05) is 23.5 Å². The summed E-state index contributed by atoms with van der Waals surface area (Å²) < 4.78 is 9.12. The SMILES string of the molecule is c1ccc(-c2ccc(N(c3ccc4c(c3)oc3ccccc34)c3ccc4c(c3)c3ccccc3c3ccccc3c3ccccc3c3c4ccc4c5ccccc5sc43)cc2)cc1. The van der Waals surface area contributed by atoms with Gasteiger partial charge in [-0.3, -0.25) is 0 Å². The molecule has 11 aromatic carbocycles. The number of rotatable bonds is 4. The maximum absolute atomic E-state index is 6.52. The molecular weight excluding hydrogens is 783 g/mol. The molecule has 2 heterocycles. The standard InChI is InChI=1S/C60H37NOS/c1-2-14-38(15-3-1)39-26-28-40(29-27-39)61(42-31-33-50-49-21-10-12-24-56(49)62-57(50)37-42)41-30-32-48-53-34-35-54-51-22-11-13-25-58(51)63-60(54)59(53)52-23-9-8-19-46(52)44-17-5-4-16-43(44)45-18-6-7-20-47(45)55(48)36-41/h1-37H. The van der Waals surface area contributed by atoms with Gasteiger partial charge < -0.3 is 9.32 Å². The van der Waals surface area contributed by atoms with E-state index in [4.69, 9.17) is 4.42 Å². The first-order chi connectivity index (χ1) is 31.2. The normalized spacial score (nSPS) is 11.8. The van der Waals surface area contributed by atoms with E-state index in [0.717, 1.165) is 39.0 Å². The van der Waals surface area contributed by atoms with Gasteiger partial charge in [0.2, 0.25) is 0 Å². The summed E-state index contributed by atoms with van der Waals surface area (Å²) in [6.45, 7) is 0. The maximum atomic E-state index is 6.52. The van der Waals surface area contributed by atoms with Crippen molar-refractivity contribution in [3.8, 4) is 11.1 Å². The molecule has 13 rings (SSSR count). The molecule has 294 valence electrons. The van der Waals surface area contributed by atoms with Gasteiger partial charge in [-0.1, -0.05) is 170 Å². The van der Waals surface area contributed by atoms with Gasteiger partial charge in [0.1, 0.15) is 11.2 Å². The molecule has 2 nitrogen and oxygen atoms in total. The highest BCUT2D eigenvalue weighted by atomic mass is 32.1. The molecule has 63 heavy (non-hydrogen) atoms. The molecule has 0 amide bonds. The summed E-state index contributed by atoms with van der Waals surface area (Å²) in [5, 5.41) is 17.0. The first-order valence-corrected chi connectivity index (χ1v) is 22.3. The van der Waals surface area contributed by atoms with Crippen molar-refractivity contribution >= 4 is 124 Å². The van der Waals surface area contributed by atoms with Crippen LogP contribution in [0, 0.1) is 0 Å². The molecule has 0 saturated heterocycles. The van der Waals surface area contributed by atoms with E-state index in [9.17, 15) is 0 Å². The lowest BCUT2D eigenvalue weighted by molar-refractivity contribution is 0.669. The Bertz CT molecular complexity index is 4030. The summed E-state index contributed by atoms with van der Waals surface area (Å²) in [5.41, 5.74) is 7.26. The molecule has 0 aliphatic rings. The van der Waals surface area contributed by atoms with Crippen LogP contribution in [0.3, 0.4) is 0 Å². The first kappa shape index (κ1) is 35.7. The van der Waals surface area contributed by atoms with E-state index < -0.39 is 0 Å². The molecule has 0 bridgehead atoms. The van der Waals surface area contributed by atoms with E-state index in [1.165, 1.54) is 85.2 Å². The molecule has 0 atom stereocenters. The lowest BCUT2D eigenvalue weighted by Crippen LogP contribution is -2.09. The number of furan rings is 1. The summed E-state index contributed by atoms with van der Waals surface area (Å²) in [4.78, 5) is 2.38. The Balaban J connectivity index is 1.17. The third-order valence-corrected chi connectivity index (χ3v) is 14.1. The minimum Gasteiger partial charge on any atom is -0.456 e. The Morgan fingerprint density at radius 3 is 1.44 bits per heavy atom. The molecule has 3 heteroatoms. The van der Waals surface area contributed by atoms with Crippen LogP contribution in [0.1, 0.15) is 0 Å². The van der Waals surface area contributed by atoms with Gasteiger partial charge in [-0.05, 0) is 108 Å². The lowest BCUT2D eigenvalue weighted by atomic mass is 9.93. The predicted molar refractivity (Wildman–Crippen MR) is 272 cm³/mol. The topological polar surface area (TPSA) is 16.4 Å². The molecule has 2 aromatic heterocycles. The Kier molecular flexibility index (Phi) is 8.12. The summed E-state index contributed by atoms with van der Waals surface area (Å²) >= 11 is 1.90. The van der Waals surface area contributed by atoms with Crippen LogP contribution in [0.15, 0.2) is 229 Å². The van der Waals surface area contributed by atoms with Crippen molar-refractivity contribution in [1.82, 2.24) is 0 Å². The van der Waals surface area contributed by atoms with E-state index in [1.54, 1.807) is 0 Å². The van der Waals surface area contributed by atoms with Gasteiger partial charge in [-0.25, -0.2) is 0 Å². The number of fused-ring (bicyclic) bond motifs is 17. The fourth-order valence-corrected chi connectivity index (χ4v) is 11.3. The molecule has 0 aliphatic heterocycles. The third kappa shape index (κ3) is 5.71. The largest absolute Gasteiger partial charge is 0.456 e. The van der Waals surface area contributed by atoms with E-state index in [2.05, 4.69) is 217 Å². The maximum Gasteiger partial charge on any atom is 0.137 e. The quantitative estimate of drug-likeness (QED) is 0.176. The zero-order valence-corrected chi connectivity index (χ0v) is 34.9. The monoisotopic (exact) mass is 819 g/mol. The average Bonchev–Trinajstić information content (AvgIpc) is 3.92. The molecule has 0 aliphatic carbocycles. The first-order valence-electron chi connectivity index (χ1n) is 21.5. The highest BCUT2D eigenvalue weighted by Gasteiger charge is 2.19. The molecule has 0 radical (unpaired) electrons. The number of benzene rings is 10. The Morgan fingerprint density at radius 2 is 0.730 bits per heavy atom. The van der Waals surface area contributed by atoms with E-state index >= 15 is 0 Å². The van der Waals surface area contributed by atoms with Crippen LogP contribution in [-0.2, 0) is 0 Å². The van der Waals surface area contributed by atoms with Crippen molar-refractivity contribution in [2.24, 2.45) is 0 Å². The van der Waals surface area contributed by atoms with Crippen molar-refractivity contribution in [3.63, 3.8) is 0 Å². The number of nitrogens with zero attached hydrogens (tertiary/aromatic N) is 1. The van der Waals surface area contributed by atoms with Crippen molar-refractivity contribution < 1.29 is 4.42 Å². The van der Waals surface area contributed by atoms with E-state index in [0.29, 0.717) is 0 Å². The zero-order chi connectivity index (χ0) is 41.4. The third-order valence-electron chi connectivity index (χ3n) is 12.9. The molecule has 0 spiro atoms. The van der Waals surface area contributed by atoms with Crippen LogP contribution in [0.25, 0.3) is 107 Å². The number of anilines is 3. The van der Waals surface area contributed by atoms with Crippen molar-refractivity contribution in [3.05, 3.63) is 224 Å². The number of thiophene rings is 1. The van der Waals surface area contributed by atoms with Crippen molar-refractivity contribution in [2.75, 3.05) is 4.90 Å². The molecule has 13 aromatic rings. The highest BCUT2D eigenvalue weighted by molar-refractivity contribution is 7.26. The number of para-hydroxylation sites is 1. The second-order valence-corrected chi connectivity index (χ2v) is 17.4. The fraction of sp³-hybridized carbons (Fsp3) is 0. The van der Waals surface area contributed by atoms with Crippen molar-refractivity contribution in [1.29, 1.82) is 0 Å². The second kappa shape index (κ2) is 14.3. The van der Waals surface area contributed by atoms with Crippen LogP contribution in [0.5, 0.6) is 0 Å². The number of hydrogen-bond donors (Lipinski definition) is 0. The Hall–Kier alpha value is -7.98. The molecule has 0 fully saturated rings. The van der Waals surface area contributed by atoms with Gasteiger partial charge in [0, 0.05) is 59.5 Å². The van der Waals surface area contributed by atoms with Crippen LogP contribution < -0.4 is 4.90 Å². The summed E-state index contributed by atoms with van der Waals surface area (Å²) in [5.74, 6) is 0. The van der Waals surface area contributed by atoms with Crippen LogP contribution in [-0.4, -0.2) is 0 Å². The van der Waals surface area contributed by atoms with Gasteiger partial charge >= 0.3 is 0 Å². The molecule has 0 unspecified atom stereocenters. The molecule has 0 N–H and O–H groups in total. The second-order valence-electron chi connectivity index (χ2n) is 16.4. The van der Waals surface area contributed by atoms with Gasteiger partial charge in [0.05, 0.1) is 0 Å². The minimum absolute atomic E-state index is 0.862. The summed E-state index contributed by atoms with van der Waals surface area (Å²) in [6, 6.07) is 82.0. The Labute approximate surface area is 367 Å². The fourth-order valence-electron chi connectivity index (χ4n) is 9.99. The van der Waals surface area contributed by atoms with Gasteiger partial charge in [-0.15, -0.1) is 11.3 Å². The van der Waals surface area contributed by atoms with Gasteiger partial charge in [-0.2, -0.15) is 0 Å².